The van der Waals surface area contributed by atoms with E-state index < -0.39 is 0 Å². The average Bonchev–Trinajstić information content (AvgIpc) is 2.27. The Morgan fingerprint density at radius 2 is 1.94 bits per heavy atom. The molecule has 3 heteroatoms. The molecule has 0 aliphatic rings. The molecular weight excluding hydrogens is 202 g/mol. The van der Waals surface area contributed by atoms with Gasteiger partial charge >= 0.3 is 0 Å². The largest absolute Gasteiger partial charge is 0.488 e. The van der Waals surface area contributed by atoms with E-state index in [1.165, 1.54) is 0 Å². The van der Waals surface area contributed by atoms with E-state index in [1.807, 2.05) is 45.0 Å². The van der Waals surface area contributed by atoms with E-state index in [1.54, 1.807) is 0 Å². The monoisotopic (exact) mass is 223 g/mol. The maximum absolute atomic E-state index is 5.88. The number of rotatable bonds is 6. The van der Waals surface area contributed by atoms with Crippen LogP contribution >= 0.6 is 0 Å². The summed E-state index contributed by atoms with van der Waals surface area (Å²) in [5, 5.41) is 0. The van der Waals surface area contributed by atoms with E-state index in [2.05, 4.69) is 0 Å². The van der Waals surface area contributed by atoms with E-state index in [9.17, 15) is 0 Å². The minimum Gasteiger partial charge on any atom is -0.488 e. The Morgan fingerprint density at radius 3 is 2.56 bits per heavy atom. The van der Waals surface area contributed by atoms with Gasteiger partial charge in [0.05, 0.1) is 6.61 Å². The molecule has 1 unspecified atom stereocenters. The van der Waals surface area contributed by atoms with Gasteiger partial charge in [0.2, 0.25) is 0 Å². The summed E-state index contributed by atoms with van der Waals surface area (Å²) in [6.07, 6.45) is 0.0415. The third-order valence-electron chi connectivity index (χ3n) is 2.29. The van der Waals surface area contributed by atoms with Crippen LogP contribution in [0.15, 0.2) is 24.3 Å². The van der Waals surface area contributed by atoms with E-state index in [0.29, 0.717) is 13.2 Å². The molecule has 2 N–H and O–H groups in total. The van der Waals surface area contributed by atoms with Crippen LogP contribution in [0.4, 0.5) is 0 Å². The quantitative estimate of drug-likeness (QED) is 0.806. The third kappa shape index (κ3) is 3.83. The van der Waals surface area contributed by atoms with Crippen LogP contribution in [-0.4, -0.2) is 19.3 Å². The highest BCUT2D eigenvalue weighted by atomic mass is 16.5. The molecule has 0 fully saturated rings. The second-order valence-corrected chi connectivity index (χ2v) is 3.91. The van der Waals surface area contributed by atoms with Crippen LogP contribution in [0, 0.1) is 0 Å². The summed E-state index contributed by atoms with van der Waals surface area (Å²) in [5.74, 6) is 0.852. The lowest BCUT2D eigenvalue weighted by Gasteiger charge is -2.18. The summed E-state index contributed by atoms with van der Waals surface area (Å²) in [6, 6.07) is 7.84. The van der Waals surface area contributed by atoms with Gasteiger partial charge in [0.1, 0.15) is 11.9 Å². The Bertz CT molecular complexity index is 313. The highest BCUT2D eigenvalue weighted by molar-refractivity contribution is 5.35. The predicted molar refractivity (Wildman–Crippen MR) is 65.6 cm³/mol. The fourth-order valence-corrected chi connectivity index (χ4v) is 1.50. The minimum atomic E-state index is -0.0181. The van der Waals surface area contributed by atoms with Gasteiger partial charge in [-0.3, -0.25) is 0 Å². The van der Waals surface area contributed by atoms with Crippen LogP contribution in [0.2, 0.25) is 0 Å². The minimum absolute atomic E-state index is 0.0181. The third-order valence-corrected chi connectivity index (χ3v) is 2.29. The predicted octanol–water partition coefficient (Wildman–Crippen LogP) is 2.51. The molecule has 1 rings (SSSR count). The number of hydrogen-bond donors (Lipinski definition) is 1. The van der Waals surface area contributed by atoms with Gasteiger partial charge in [0.15, 0.2) is 0 Å². The lowest BCUT2D eigenvalue weighted by molar-refractivity contribution is 0.0651. The van der Waals surface area contributed by atoms with E-state index >= 15 is 0 Å². The SMILES string of the molecule is CCOCC(C)Oc1ccccc1[C@@H](C)N. The van der Waals surface area contributed by atoms with Gasteiger partial charge in [-0.2, -0.15) is 0 Å². The Hall–Kier alpha value is -1.06. The number of para-hydroxylation sites is 1. The molecule has 0 heterocycles. The average molecular weight is 223 g/mol. The van der Waals surface area contributed by atoms with Gasteiger partial charge in [-0.25, -0.2) is 0 Å². The smallest absolute Gasteiger partial charge is 0.124 e. The first kappa shape index (κ1) is 13.0. The summed E-state index contributed by atoms with van der Waals surface area (Å²) >= 11 is 0. The number of ether oxygens (including phenoxy) is 2. The second kappa shape index (κ2) is 6.51. The topological polar surface area (TPSA) is 44.5 Å². The number of benzene rings is 1. The molecule has 90 valence electrons. The zero-order chi connectivity index (χ0) is 12.0. The van der Waals surface area contributed by atoms with Crippen molar-refractivity contribution < 1.29 is 9.47 Å². The fraction of sp³-hybridized carbons (Fsp3) is 0.538. The summed E-state index contributed by atoms with van der Waals surface area (Å²) in [6.45, 7) is 7.23. The molecule has 0 amide bonds. The van der Waals surface area contributed by atoms with Crippen molar-refractivity contribution in [1.82, 2.24) is 0 Å². The van der Waals surface area contributed by atoms with Crippen molar-refractivity contribution in [3.8, 4) is 5.75 Å². The van der Waals surface area contributed by atoms with Gasteiger partial charge in [-0.15, -0.1) is 0 Å². The van der Waals surface area contributed by atoms with Crippen molar-refractivity contribution >= 4 is 0 Å². The molecule has 2 atom stereocenters. The van der Waals surface area contributed by atoms with Gasteiger partial charge in [0.25, 0.3) is 0 Å². The lowest BCUT2D eigenvalue weighted by Crippen LogP contribution is -2.20. The molecule has 0 saturated heterocycles. The summed E-state index contributed by atoms with van der Waals surface area (Å²) < 4.78 is 11.1. The van der Waals surface area contributed by atoms with Crippen LogP contribution in [0.1, 0.15) is 32.4 Å². The molecule has 0 bridgehead atoms. The zero-order valence-electron chi connectivity index (χ0n) is 10.3. The molecule has 1 aromatic carbocycles. The van der Waals surface area contributed by atoms with Gasteiger partial charge in [0, 0.05) is 18.2 Å². The van der Waals surface area contributed by atoms with E-state index in [0.717, 1.165) is 11.3 Å². The second-order valence-electron chi connectivity index (χ2n) is 3.91. The summed E-state index contributed by atoms with van der Waals surface area (Å²) in [5.41, 5.74) is 6.91. The lowest BCUT2D eigenvalue weighted by atomic mass is 10.1. The van der Waals surface area contributed by atoms with Crippen molar-refractivity contribution in [3.63, 3.8) is 0 Å². The first-order valence-corrected chi connectivity index (χ1v) is 5.74. The number of hydrogen-bond acceptors (Lipinski definition) is 3. The van der Waals surface area contributed by atoms with E-state index in [4.69, 9.17) is 15.2 Å². The number of nitrogens with two attached hydrogens (primary N) is 1. The maximum Gasteiger partial charge on any atom is 0.124 e. The van der Waals surface area contributed by atoms with Gasteiger partial charge in [-0.1, -0.05) is 18.2 Å². The summed E-state index contributed by atoms with van der Waals surface area (Å²) in [4.78, 5) is 0. The van der Waals surface area contributed by atoms with E-state index in [-0.39, 0.29) is 12.1 Å². The molecule has 0 saturated carbocycles. The van der Waals surface area contributed by atoms with Crippen molar-refractivity contribution in [2.75, 3.05) is 13.2 Å². The van der Waals surface area contributed by atoms with Gasteiger partial charge < -0.3 is 15.2 Å². The highest BCUT2D eigenvalue weighted by Crippen LogP contribution is 2.24. The standard InChI is InChI=1S/C13H21NO2/c1-4-15-9-10(2)16-13-8-6-5-7-12(13)11(3)14/h5-8,10-11H,4,9,14H2,1-3H3/t10?,11-/m1/s1. The molecule has 0 aliphatic heterocycles. The molecule has 16 heavy (non-hydrogen) atoms. The highest BCUT2D eigenvalue weighted by Gasteiger charge is 2.10. The fourth-order valence-electron chi connectivity index (χ4n) is 1.50. The van der Waals surface area contributed by atoms with Crippen LogP contribution < -0.4 is 10.5 Å². The van der Waals surface area contributed by atoms with Crippen LogP contribution in [0.5, 0.6) is 5.75 Å². The molecular formula is C13H21NO2. The van der Waals surface area contributed by atoms with Crippen molar-refractivity contribution in [2.24, 2.45) is 5.73 Å². The van der Waals surface area contributed by atoms with Crippen molar-refractivity contribution in [3.05, 3.63) is 29.8 Å². The molecule has 3 nitrogen and oxygen atoms in total. The normalized spacial score (nSPS) is 14.5. The first-order valence-electron chi connectivity index (χ1n) is 5.74. The first-order chi connectivity index (χ1) is 7.65. The molecule has 1 aromatic rings. The van der Waals surface area contributed by atoms with Crippen LogP contribution in [0.25, 0.3) is 0 Å². The Balaban J connectivity index is 2.65. The Labute approximate surface area is 97.6 Å². The molecule has 0 aliphatic carbocycles. The molecule has 0 radical (unpaired) electrons. The summed E-state index contributed by atoms with van der Waals surface area (Å²) in [7, 11) is 0. The maximum atomic E-state index is 5.88. The Kier molecular flexibility index (Phi) is 5.29. The van der Waals surface area contributed by atoms with Crippen molar-refractivity contribution in [2.45, 2.75) is 32.9 Å². The van der Waals surface area contributed by atoms with Gasteiger partial charge in [-0.05, 0) is 26.8 Å². The molecule has 0 spiro atoms. The van der Waals surface area contributed by atoms with Crippen LogP contribution in [0.3, 0.4) is 0 Å². The van der Waals surface area contributed by atoms with Crippen molar-refractivity contribution in [1.29, 1.82) is 0 Å². The molecule has 0 aromatic heterocycles. The van der Waals surface area contributed by atoms with Crippen LogP contribution in [-0.2, 0) is 4.74 Å². The Morgan fingerprint density at radius 1 is 1.25 bits per heavy atom. The zero-order valence-corrected chi connectivity index (χ0v) is 10.3.